The number of primary amides is 1. The summed E-state index contributed by atoms with van der Waals surface area (Å²) in [6.07, 6.45) is 4.72. The van der Waals surface area contributed by atoms with Gasteiger partial charge in [0.1, 0.15) is 5.75 Å². The number of urea groups is 1. The van der Waals surface area contributed by atoms with Crippen molar-refractivity contribution >= 4 is 17.6 Å². The van der Waals surface area contributed by atoms with E-state index in [0.717, 1.165) is 31.6 Å². The van der Waals surface area contributed by atoms with Crippen LogP contribution in [0.3, 0.4) is 0 Å². The first kappa shape index (κ1) is 16.1. The molecule has 1 aliphatic rings. The Morgan fingerprint density at radius 3 is 2.32 bits per heavy atom. The van der Waals surface area contributed by atoms with Gasteiger partial charge in [0.2, 0.25) is 5.91 Å². The Balaban J connectivity index is 1.82. The molecule has 0 saturated carbocycles. The van der Waals surface area contributed by atoms with Crippen molar-refractivity contribution in [3.63, 3.8) is 0 Å². The first-order valence-electron chi connectivity index (χ1n) is 7.72. The molecule has 0 aromatic heterocycles. The Hall–Kier alpha value is -2.24. The minimum atomic E-state index is -0.388. The van der Waals surface area contributed by atoms with Crippen molar-refractivity contribution in [2.75, 3.05) is 25.0 Å². The van der Waals surface area contributed by atoms with E-state index in [1.165, 1.54) is 12.8 Å². The van der Waals surface area contributed by atoms with Gasteiger partial charge < -0.3 is 20.7 Å². The zero-order chi connectivity index (χ0) is 15.8. The molecule has 1 aromatic carbocycles. The van der Waals surface area contributed by atoms with Gasteiger partial charge in [-0.25, -0.2) is 4.79 Å². The van der Waals surface area contributed by atoms with E-state index in [1.54, 1.807) is 24.3 Å². The summed E-state index contributed by atoms with van der Waals surface area (Å²) in [6, 6.07) is 7.05. The van der Waals surface area contributed by atoms with E-state index in [1.807, 2.05) is 4.90 Å². The molecular formula is C16H23N3O3. The number of anilines is 1. The number of benzene rings is 1. The molecule has 1 fully saturated rings. The normalized spacial score (nSPS) is 15.0. The summed E-state index contributed by atoms with van der Waals surface area (Å²) in [5, 5.41) is 2.90. The van der Waals surface area contributed by atoms with E-state index in [4.69, 9.17) is 10.5 Å². The summed E-state index contributed by atoms with van der Waals surface area (Å²) in [5.41, 5.74) is 5.78. The van der Waals surface area contributed by atoms with Crippen LogP contribution >= 0.6 is 0 Å². The summed E-state index contributed by atoms with van der Waals surface area (Å²) in [7, 11) is 0. The van der Waals surface area contributed by atoms with Crippen LogP contribution in [0.2, 0.25) is 0 Å². The Morgan fingerprint density at radius 1 is 1.09 bits per heavy atom. The van der Waals surface area contributed by atoms with Crippen LogP contribution in [0.25, 0.3) is 0 Å². The molecule has 0 atom stereocenters. The molecule has 6 nitrogen and oxygen atoms in total. The van der Waals surface area contributed by atoms with Crippen molar-refractivity contribution < 1.29 is 14.3 Å². The highest BCUT2D eigenvalue weighted by molar-refractivity contribution is 5.89. The number of carbonyl (C=O) groups excluding carboxylic acids is 2. The number of hydrogen-bond donors (Lipinski definition) is 2. The van der Waals surface area contributed by atoms with Gasteiger partial charge in [-0.3, -0.25) is 4.79 Å². The van der Waals surface area contributed by atoms with Crippen LogP contribution in [0, 0.1) is 0 Å². The molecule has 0 unspecified atom stereocenters. The zero-order valence-corrected chi connectivity index (χ0v) is 12.7. The average Bonchev–Trinajstić information content (AvgIpc) is 2.78. The molecule has 0 spiro atoms. The maximum absolute atomic E-state index is 12.2. The van der Waals surface area contributed by atoms with Crippen LogP contribution in [-0.4, -0.2) is 36.5 Å². The van der Waals surface area contributed by atoms with Crippen LogP contribution in [0.1, 0.15) is 32.1 Å². The van der Waals surface area contributed by atoms with Gasteiger partial charge in [0, 0.05) is 18.8 Å². The van der Waals surface area contributed by atoms with Gasteiger partial charge in [0.15, 0.2) is 0 Å². The van der Waals surface area contributed by atoms with E-state index >= 15 is 0 Å². The molecular weight excluding hydrogens is 282 g/mol. The van der Waals surface area contributed by atoms with Crippen LogP contribution in [0.4, 0.5) is 10.5 Å². The summed E-state index contributed by atoms with van der Waals surface area (Å²) in [5.74, 6) is 0.260. The molecule has 2 rings (SSSR count). The van der Waals surface area contributed by atoms with E-state index in [9.17, 15) is 9.59 Å². The van der Waals surface area contributed by atoms with Gasteiger partial charge in [-0.15, -0.1) is 0 Å². The SMILES string of the molecule is NC(=O)CCOc1ccc(NC(=O)N2CCCCCC2)cc1. The van der Waals surface area contributed by atoms with Crippen molar-refractivity contribution in [2.24, 2.45) is 5.73 Å². The third-order valence-corrected chi connectivity index (χ3v) is 3.62. The monoisotopic (exact) mass is 305 g/mol. The number of likely N-dealkylation sites (tertiary alicyclic amines) is 1. The quantitative estimate of drug-likeness (QED) is 0.875. The second kappa shape index (κ2) is 8.26. The Bertz CT molecular complexity index is 494. The molecule has 1 aromatic rings. The fourth-order valence-corrected chi connectivity index (χ4v) is 2.38. The second-order valence-corrected chi connectivity index (χ2v) is 5.42. The standard InChI is InChI=1S/C16H23N3O3/c17-15(20)9-12-22-14-7-5-13(6-8-14)18-16(21)19-10-3-1-2-4-11-19/h5-8H,1-4,9-12H2,(H2,17,20)(H,18,21). The van der Waals surface area contributed by atoms with Crippen LogP contribution < -0.4 is 15.8 Å². The lowest BCUT2D eigenvalue weighted by Crippen LogP contribution is -2.35. The maximum Gasteiger partial charge on any atom is 0.321 e. The first-order chi connectivity index (χ1) is 10.6. The smallest absolute Gasteiger partial charge is 0.321 e. The lowest BCUT2D eigenvalue weighted by molar-refractivity contribution is -0.118. The number of rotatable bonds is 5. The average molecular weight is 305 g/mol. The number of ether oxygens (including phenoxy) is 1. The van der Waals surface area contributed by atoms with Gasteiger partial charge in [-0.1, -0.05) is 12.8 Å². The van der Waals surface area contributed by atoms with Crippen molar-refractivity contribution in [3.8, 4) is 5.75 Å². The van der Waals surface area contributed by atoms with Crippen molar-refractivity contribution in [3.05, 3.63) is 24.3 Å². The van der Waals surface area contributed by atoms with Crippen LogP contribution in [-0.2, 0) is 4.79 Å². The predicted octanol–water partition coefficient (Wildman–Crippen LogP) is 2.35. The number of hydrogen-bond acceptors (Lipinski definition) is 3. The lowest BCUT2D eigenvalue weighted by Gasteiger charge is -2.20. The molecule has 22 heavy (non-hydrogen) atoms. The number of carbonyl (C=O) groups is 2. The Kier molecular flexibility index (Phi) is 6.06. The van der Waals surface area contributed by atoms with E-state index in [2.05, 4.69) is 5.32 Å². The van der Waals surface area contributed by atoms with E-state index in [-0.39, 0.29) is 25.0 Å². The summed E-state index contributed by atoms with van der Waals surface area (Å²) < 4.78 is 5.39. The number of amides is 3. The fourth-order valence-electron chi connectivity index (χ4n) is 2.38. The Labute approximate surface area is 130 Å². The predicted molar refractivity (Wildman–Crippen MR) is 84.8 cm³/mol. The van der Waals surface area contributed by atoms with Crippen molar-refractivity contribution in [2.45, 2.75) is 32.1 Å². The van der Waals surface area contributed by atoms with Gasteiger partial charge in [0.25, 0.3) is 0 Å². The molecule has 1 saturated heterocycles. The van der Waals surface area contributed by atoms with E-state index < -0.39 is 0 Å². The van der Waals surface area contributed by atoms with Gasteiger partial charge in [-0.2, -0.15) is 0 Å². The van der Waals surface area contributed by atoms with Crippen LogP contribution in [0.5, 0.6) is 5.75 Å². The Morgan fingerprint density at radius 2 is 1.73 bits per heavy atom. The molecule has 0 aliphatic carbocycles. The molecule has 1 aliphatic heterocycles. The maximum atomic E-state index is 12.2. The molecule has 120 valence electrons. The molecule has 0 bridgehead atoms. The van der Waals surface area contributed by atoms with Crippen molar-refractivity contribution in [1.29, 1.82) is 0 Å². The van der Waals surface area contributed by atoms with Gasteiger partial charge in [0.05, 0.1) is 13.0 Å². The van der Waals surface area contributed by atoms with Gasteiger partial charge >= 0.3 is 6.03 Å². The number of nitrogens with one attached hydrogen (secondary N) is 1. The highest BCUT2D eigenvalue weighted by Crippen LogP contribution is 2.17. The lowest BCUT2D eigenvalue weighted by atomic mass is 10.2. The highest BCUT2D eigenvalue weighted by atomic mass is 16.5. The molecule has 3 N–H and O–H groups in total. The molecule has 3 amide bonds. The fraction of sp³-hybridized carbons (Fsp3) is 0.500. The van der Waals surface area contributed by atoms with Crippen LogP contribution in [0.15, 0.2) is 24.3 Å². The molecule has 1 heterocycles. The number of nitrogens with two attached hydrogens (primary N) is 1. The first-order valence-corrected chi connectivity index (χ1v) is 7.72. The minimum absolute atomic E-state index is 0.0516. The molecule has 6 heteroatoms. The topological polar surface area (TPSA) is 84.7 Å². The summed E-state index contributed by atoms with van der Waals surface area (Å²) >= 11 is 0. The minimum Gasteiger partial charge on any atom is -0.493 e. The second-order valence-electron chi connectivity index (χ2n) is 5.42. The highest BCUT2D eigenvalue weighted by Gasteiger charge is 2.15. The third kappa shape index (κ3) is 5.27. The van der Waals surface area contributed by atoms with Gasteiger partial charge in [-0.05, 0) is 37.1 Å². The largest absolute Gasteiger partial charge is 0.493 e. The zero-order valence-electron chi connectivity index (χ0n) is 12.7. The van der Waals surface area contributed by atoms with Crippen molar-refractivity contribution in [1.82, 2.24) is 4.90 Å². The molecule has 0 radical (unpaired) electrons. The van der Waals surface area contributed by atoms with E-state index in [0.29, 0.717) is 5.75 Å². The summed E-state index contributed by atoms with van der Waals surface area (Å²) in [4.78, 5) is 24.7. The number of nitrogens with zero attached hydrogens (tertiary/aromatic N) is 1. The summed E-state index contributed by atoms with van der Waals surface area (Å²) in [6.45, 7) is 1.90. The third-order valence-electron chi connectivity index (χ3n) is 3.62.